The number of hydrogen-bond donors (Lipinski definition) is 2. The zero-order valence-corrected chi connectivity index (χ0v) is 17.5. The Bertz CT molecular complexity index is 1190. The number of methoxy groups -OCH3 is 1. The van der Waals surface area contributed by atoms with Gasteiger partial charge in [0, 0.05) is 11.0 Å². The van der Waals surface area contributed by atoms with Gasteiger partial charge in [-0.25, -0.2) is 9.78 Å². The molecule has 156 valence electrons. The standard InChI is InChI=1S/C22H22N2O5S/c1-12-3-6-14-17(9-12)30-22-20(14)21(27)23-18(24-22)11-29-19(26)8-5-13-4-7-15(25)16(10-13)28-2/h4-5,7-8,10,12,25H,3,6,9,11H2,1-2H3,(H,23,24,27)/t12-/m0/s1. The molecule has 0 saturated carbocycles. The van der Waals surface area contributed by atoms with E-state index in [4.69, 9.17) is 9.47 Å². The fourth-order valence-corrected chi connectivity index (χ4v) is 5.01. The van der Waals surface area contributed by atoms with Crippen LogP contribution in [0.5, 0.6) is 11.5 Å². The Morgan fingerprint density at radius 1 is 1.43 bits per heavy atom. The normalized spacial score (nSPS) is 16.0. The molecule has 8 heteroatoms. The Balaban J connectivity index is 1.46. The fraction of sp³-hybridized carbons (Fsp3) is 0.318. The number of phenolic OH excluding ortho intramolecular Hbond substituents is 1. The Labute approximate surface area is 177 Å². The van der Waals surface area contributed by atoms with Crippen molar-refractivity contribution in [3.63, 3.8) is 0 Å². The van der Waals surface area contributed by atoms with Gasteiger partial charge in [0.1, 0.15) is 17.3 Å². The minimum absolute atomic E-state index is 0.0207. The van der Waals surface area contributed by atoms with Crippen molar-refractivity contribution < 1.29 is 19.4 Å². The third-order valence-electron chi connectivity index (χ3n) is 5.18. The van der Waals surface area contributed by atoms with Crippen LogP contribution in [-0.2, 0) is 29.0 Å². The highest BCUT2D eigenvalue weighted by Gasteiger charge is 2.23. The first-order chi connectivity index (χ1) is 14.4. The number of aromatic amines is 1. The van der Waals surface area contributed by atoms with Gasteiger partial charge in [0.25, 0.3) is 5.56 Å². The number of nitrogens with zero attached hydrogens (tertiary/aromatic N) is 1. The largest absolute Gasteiger partial charge is 0.504 e. The Morgan fingerprint density at radius 3 is 3.07 bits per heavy atom. The first kappa shape index (κ1) is 20.2. The second-order valence-corrected chi connectivity index (χ2v) is 8.50. The third kappa shape index (κ3) is 4.09. The fourth-order valence-electron chi connectivity index (χ4n) is 3.61. The maximum Gasteiger partial charge on any atom is 0.331 e. The molecule has 0 amide bonds. The van der Waals surface area contributed by atoms with Crippen LogP contribution in [0.25, 0.3) is 16.3 Å². The molecule has 0 unspecified atom stereocenters. The zero-order chi connectivity index (χ0) is 21.3. The van der Waals surface area contributed by atoms with Crippen molar-refractivity contribution in [3.8, 4) is 11.5 Å². The molecule has 0 fully saturated rings. The first-order valence-corrected chi connectivity index (χ1v) is 10.5. The van der Waals surface area contributed by atoms with E-state index in [1.807, 2.05) is 0 Å². The number of aromatic nitrogens is 2. The third-order valence-corrected chi connectivity index (χ3v) is 6.33. The van der Waals surface area contributed by atoms with Gasteiger partial charge in [-0.2, -0.15) is 0 Å². The van der Waals surface area contributed by atoms with Gasteiger partial charge in [0.15, 0.2) is 11.5 Å². The van der Waals surface area contributed by atoms with Crippen LogP contribution in [0.1, 0.15) is 35.2 Å². The van der Waals surface area contributed by atoms with E-state index in [1.165, 1.54) is 24.1 Å². The molecular formula is C22H22N2O5S. The molecule has 1 aliphatic carbocycles. The molecular weight excluding hydrogens is 404 g/mol. The van der Waals surface area contributed by atoms with Crippen molar-refractivity contribution in [1.29, 1.82) is 0 Å². The lowest BCUT2D eigenvalue weighted by Gasteiger charge is -2.17. The van der Waals surface area contributed by atoms with E-state index in [0.29, 0.717) is 33.3 Å². The summed E-state index contributed by atoms with van der Waals surface area (Å²) in [6, 6.07) is 4.73. The van der Waals surface area contributed by atoms with Gasteiger partial charge in [-0.15, -0.1) is 11.3 Å². The number of carbonyl (C=O) groups is 1. The summed E-state index contributed by atoms with van der Waals surface area (Å²) in [7, 11) is 1.45. The Hall–Kier alpha value is -3.13. The van der Waals surface area contributed by atoms with Crippen molar-refractivity contribution in [3.05, 3.63) is 56.5 Å². The maximum atomic E-state index is 12.6. The number of phenols is 1. The molecule has 0 saturated heterocycles. The molecule has 2 N–H and O–H groups in total. The van der Waals surface area contributed by atoms with E-state index in [-0.39, 0.29) is 17.9 Å². The summed E-state index contributed by atoms with van der Waals surface area (Å²) in [6.07, 6.45) is 5.79. The number of benzene rings is 1. The molecule has 1 aliphatic rings. The summed E-state index contributed by atoms with van der Waals surface area (Å²) in [6.45, 7) is 2.10. The van der Waals surface area contributed by atoms with Gasteiger partial charge in [-0.3, -0.25) is 4.79 Å². The number of thiophene rings is 1. The number of aryl methyl sites for hydroxylation is 1. The predicted octanol–water partition coefficient (Wildman–Crippen LogP) is 3.58. The van der Waals surface area contributed by atoms with Gasteiger partial charge < -0.3 is 19.6 Å². The van der Waals surface area contributed by atoms with Crippen LogP contribution in [0.2, 0.25) is 0 Å². The number of ether oxygens (including phenoxy) is 2. The summed E-state index contributed by atoms with van der Waals surface area (Å²) < 4.78 is 10.3. The average Bonchev–Trinajstić information content (AvgIpc) is 3.09. The van der Waals surface area contributed by atoms with Crippen molar-refractivity contribution >= 4 is 33.6 Å². The minimum atomic E-state index is -0.566. The molecule has 1 aromatic carbocycles. The number of rotatable bonds is 5. The smallest absolute Gasteiger partial charge is 0.331 e. The van der Waals surface area contributed by atoms with Crippen LogP contribution in [0.15, 0.2) is 29.1 Å². The van der Waals surface area contributed by atoms with Gasteiger partial charge >= 0.3 is 5.97 Å². The second kappa shape index (κ2) is 8.31. The zero-order valence-electron chi connectivity index (χ0n) is 16.7. The number of carbonyl (C=O) groups excluding carboxylic acids is 1. The van der Waals surface area contributed by atoms with Crippen LogP contribution in [0.4, 0.5) is 0 Å². The van der Waals surface area contributed by atoms with Crippen molar-refractivity contribution in [1.82, 2.24) is 9.97 Å². The number of hydrogen-bond acceptors (Lipinski definition) is 7. The number of fused-ring (bicyclic) bond motifs is 3. The van der Waals surface area contributed by atoms with Crippen molar-refractivity contribution in [2.45, 2.75) is 32.8 Å². The predicted molar refractivity (Wildman–Crippen MR) is 115 cm³/mol. The first-order valence-electron chi connectivity index (χ1n) is 9.70. The highest BCUT2D eigenvalue weighted by atomic mass is 32.1. The van der Waals surface area contributed by atoms with Crippen molar-refractivity contribution in [2.75, 3.05) is 7.11 Å². The molecule has 3 aromatic rings. The van der Waals surface area contributed by atoms with E-state index in [9.17, 15) is 14.7 Å². The van der Waals surface area contributed by atoms with E-state index < -0.39 is 5.97 Å². The summed E-state index contributed by atoms with van der Waals surface area (Å²) in [5, 5.41) is 10.3. The lowest BCUT2D eigenvalue weighted by Crippen LogP contribution is -2.15. The molecule has 0 bridgehead atoms. The summed E-state index contributed by atoms with van der Waals surface area (Å²) >= 11 is 1.56. The highest BCUT2D eigenvalue weighted by Crippen LogP contribution is 2.35. The highest BCUT2D eigenvalue weighted by molar-refractivity contribution is 7.18. The maximum absolute atomic E-state index is 12.6. The Morgan fingerprint density at radius 2 is 2.27 bits per heavy atom. The molecule has 0 radical (unpaired) electrons. The van der Waals surface area contributed by atoms with Gasteiger partial charge in [0.05, 0.1) is 12.5 Å². The van der Waals surface area contributed by atoms with Crippen LogP contribution in [-0.4, -0.2) is 28.2 Å². The molecule has 30 heavy (non-hydrogen) atoms. The average molecular weight is 426 g/mol. The summed E-state index contributed by atoms with van der Waals surface area (Å²) in [4.78, 5) is 33.8. The topological polar surface area (TPSA) is 102 Å². The van der Waals surface area contributed by atoms with Gasteiger partial charge in [-0.05, 0) is 54.5 Å². The van der Waals surface area contributed by atoms with Crippen molar-refractivity contribution in [2.24, 2.45) is 5.92 Å². The number of aromatic hydroxyl groups is 1. The van der Waals surface area contributed by atoms with E-state index in [1.54, 1.807) is 29.5 Å². The second-order valence-electron chi connectivity index (χ2n) is 7.42. The summed E-state index contributed by atoms with van der Waals surface area (Å²) in [5.74, 6) is 0.711. The van der Waals surface area contributed by atoms with Crippen LogP contribution in [0.3, 0.4) is 0 Å². The molecule has 1 atom stereocenters. The van der Waals surface area contributed by atoms with Crippen LogP contribution in [0, 0.1) is 5.92 Å². The molecule has 4 rings (SSSR count). The lowest BCUT2D eigenvalue weighted by molar-refractivity contribution is -0.139. The van der Waals surface area contributed by atoms with E-state index in [0.717, 1.165) is 24.8 Å². The van der Waals surface area contributed by atoms with Gasteiger partial charge in [0.2, 0.25) is 0 Å². The van der Waals surface area contributed by atoms with E-state index >= 15 is 0 Å². The molecule has 0 spiro atoms. The monoisotopic (exact) mass is 426 g/mol. The summed E-state index contributed by atoms with van der Waals surface area (Å²) in [5.41, 5.74) is 1.62. The molecule has 7 nitrogen and oxygen atoms in total. The number of nitrogens with one attached hydrogen (secondary N) is 1. The molecule has 0 aliphatic heterocycles. The molecule has 2 heterocycles. The number of H-pyrrole nitrogens is 1. The van der Waals surface area contributed by atoms with Crippen LogP contribution >= 0.6 is 11.3 Å². The van der Waals surface area contributed by atoms with Gasteiger partial charge in [-0.1, -0.05) is 13.0 Å². The lowest BCUT2D eigenvalue weighted by atomic mass is 9.89. The molecule has 2 aromatic heterocycles. The SMILES string of the molecule is COc1cc(C=CC(=O)OCc2nc3sc4c(c3c(=O)[nH]2)CC[C@H](C)C4)ccc1O. The Kier molecular flexibility index (Phi) is 5.59. The minimum Gasteiger partial charge on any atom is -0.504 e. The quantitative estimate of drug-likeness (QED) is 0.478. The van der Waals surface area contributed by atoms with Crippen LogP contribution < -0.4 is 10.3 Å². The number of esters is 1. The van der Waals surface area contributed by atoms with E-state index in [2.05, 4.69) is 16.9 Å².